The van der Waals surface area contributed by atoms with Gasteiger partial charge in [0.25, 0.3) is 0 Å². The van der Waals surface area contributed by atoms with Gasteiger partial charge in [-0.25, -0.2) is 0 Å². The molecule has 0 saturated heterocycles. The lowest BCUT2D eigenvalue weighted by Crippen LogP contribution is -2.26. The maximum atomic E-state index is 5.86. The predicted octanol–water partition coefficient (Wildman–Crippen LogP) is 3.07. The number of hydrogen-bond acceptors (Lipinski definition) is 2. The maximum Gasteiger partial charge on any atom is 0.193 e. The van der Waals surface area contributed by atoms with Crippen LogP contribution in [0.1, 0.15) is 25.3 Å². The number of nitrogens with one attached hydrogen (secondary N) is 1. The Bertz CT molecular complexity index is 407. The topological polar surface area (TPSA) is 53.6 Å². The van der Waals surface area contributed by atoms with E-state index in [1.165, 1.54) is 18.4 Å². The molecule has 0 unspecified atom stereocenters. The summed E-state index contributed by atoms with van der Waals surface area (Å²) in [6, 6.07) is 8.10. The second kappa shape index (κ2) is 10.9. The van der Waals surface area contributed by atoms with Gasteiger partial charge in [-0.2, -0.15) is 0 Å². The van der Waals surface area contributed by atoms with Crippen LogP contribution in [0.4, 0.5) is 5.69 Å². The highest BCUT2D eigenvalue weighted by molar-refractivity contribution is 14.0. The van der Waals surface area contributed by atoms with Gasteiger partial charge in [-0.1, -0.05) is 25.5 Å². The number of nitrogens with zero attached hydrogens (tertiary/aromatic N) is 2. The smallest absolute Gasteiger partial charge is 0.193 e. The fraction of sp³-hybridized carbons (Fsp3) is 0.533. The number of aliphatic imine (C=N–C) groups is 1. The first-order chi connectivity index (χ1) is 9.11. The summed E-state index contributed by atoms with van der Waals surface area (Å²) in [6.07, 6.45) is 2.46. The highest BCUT2D eigenvalue weighted by Gasteiger charge is 1.98. The lowest BCUT2D eigenvalue weighted by molar-refractivity contribution is 0.337. The Hall–Kier alpha value is -0.820. The van der Waals surface area contributed by atoms with Gasteiger partial charge in [0.2, 0.25) is 0 Å². The lowest BCUT2D eigenvalue weighted by atomic mass is 10.2. The van der Waals surface area contributed by atoms with Gasteiger partial charge in [-0.15, -0.1) is 24.0 Å². The lowest BCUT2D eigenvalue weighted by Gasteiger charge is -2.14. The van der Waals surface area contributed by atoms with Gasteiger partial charge in [-0.3, -0.25) is 4.99 Å². The standard InChI is InChI=1S/C15H26N4.HI/c1-4-5-10-19(3)11-9-17-15(16)18-14-8-6-7-13(2)12-14;/h6-8,12H,4-5,9-11H2,1-3H3,(H3,16,17,18);1H. The second-order valence-electron chi connectivity index (χ2n) is 4.92. The Kier molecular flexibility index (Phi) is 10.5. The third kappa shape index (κ3) is 8.37. The van der Waals surface area contributed by atoms with Crippen LogP contribution in [0, 0.1) is 6.92 Å². The van der Waals surface area contributed by atoms with E-state index < -0.39 is 0 Å². The van der Waals surface area contributed by atoms with Crippen molar-refractivity contribution >= 4 is 35.6 Å². The Morgan fingerprint density at radius 1 is 1.35 bits per heavy atom. The molecule has 0 amide bonds. The van der Waals surface area contributed by atoms with E-state index in [9.17, 15) is 0 Å². The molecule has 0 aliphatic heterocycles. The monoisotopic (exact) mass is 390 g/mol. The summed E-state index contributed by atoms with van der Waals surface area (Å²) in [5.41, 5.74) is 8.05. The normalized spacial score (nSPS) is 11.3. The molecule has 5 heteroatoms. The Morgan fingerprint density at radius 3 is 2.75 bits per heavy atom. The third-order valence-corrected chi connectivity index (χ3v) is 2.95. The molecule has 0 saturated carbocycles. The number of hydrogen-bond donors (Lipinski definition) is 2. The summed E-state index contributed by atoms with van der Waals surface area (Å²) >= 11 is 0. The first-order valence-electron chi connectivity index (χ1n) is 6.94. The highest BCUT2D eigenvalue weighted by atomic mass is 127. The summed E-state index contributed by atoms with van der Waals surface area (Å²) in [4.78, 5) is 6.62. The molecule has 20 heavy (non-hydrogen) atoms. The van der Waals surface area contributed by atoms with Crippen molar-refractivity contribution in [2.45, 2.75) is 26.7 Å². The minimum atomic E-state index is 0. The van der Waals surface area contributed by atoms with Gasteiger partial charge in [0.05, 0.1) is 6.54 Å². The van der Waals surface area contributed by atoms with Crippen molar-refractivity contribution in [3.63, 3.8) is 0 Å². The number of likely N-dealkylation sites (N-methyl/N-ethyl adjacent to an activating group) is 1. The van der Waals surface area contributed by atoms with Crippen molar-refractivity contribution in [3.05, 3.63) is 29.8 Å². The Morgan fingerprint density at radius 2 is 2.10 bits per heavy atom. The number of nitrogens with two attached hydrogens (primary N) is 1. The average Bonchev–Trinajstić information content (AvgIpc) is 2.36. The van der Waals surface area contributed by atoms with E-state index in [-0.39, 0.29) is 24.0 Å². The quantitative estimate of drug-likeness (QED) is 0.428. The molecule has 1 aromatic rings. The summed E-state index contributed by atoms with van der Waals surface area (Å²) < 4.78 is 0. The van der Waals surface area contributed by atoms with Crippen LogP contribution in [0.5, 0.6) is 0 Å². The van der Waals surface area contributed by atoms with E-state index in [0.717, 1.165) is 25.3 Å². The summed E-state index contributed by atoms with van der Waals surface area (Å²) in [5.74, 6) is 0.481. The zero-order valence-corrected chi connectivity index (χ0v) is 15.1. The van der Waals surface area contributed by atoms with Crippen molar-refractivity contribution in [2.75, 3.05) is 32.0 Å². The van der Waals surface area contributed by atoms with Gasteiger partial charge in [0.15, 0.2) is 5.96 Å². The molecule has 0 bridgehead atoms. The number of rotatable bonds is 7. The van der Waals surface area contributed by atoms with Crippen molar-refractivity contribution in [1.82, 2.24) is 4.90 Å². The van der Waals surface area contributed by atoms with E-state index >= 15 is 0 Å². The molecule has 3 N–H and O–H groups in total. The van der Waals surface area contributed by atoms with Crippen molar-refractivity contribution in [3.8, 4) is 0 Å². The molecule has 0 radical (unpaired) electrons. The number of anilines is 1. The molecule has 0 heterocycles. The maximum absolute atomic E-state index is 5.86. The Balaban J connectivity index is 0.00000361. The first kappa shape index (κ1) is 19.2. The summed E-state index contributed by atoms with van der Waals surface area (Å²) in [5, 5.41) is 3.11. The molecule has 0 fully saturated rings. The molecule has 0 aliphatic rings. The van der Waals surface area contributed by atoms with Gasteiger partial charge in [-0.05, 0) is 44.6 Å². The molecule has 0 spiro atoms. The van der Waals surface area contributed by atoms with E-state index in [0.29, 0.717) is 5.96 Å². The van der Waals surface area contributed by atoms with Gasteiger partial charge in [0, 0.05) is 12.2 Å². The molecule has 114 valence electrons. The van der Waals surface area contributed by atoms with Crippen LogP contribution in [0.15, 0.2) is 29.3 Å². The van der Waals surface area contributed by atoms with Gasteiger partial charge < -0.3 is 16.0 Å². The van der Waals surface area contributed by atoms with Crippen LogP contribution in [-0.4, -0.2) is 37.5 Å². The summed E-state index contributed by atoms with van der Waals surface area (Å²) in [7, 11) is 2.12. The van der Waals surface area contributed by atoms with Gasteiger partial charge in [0.1, 0.15) is 0 Å². The number of aryl methyl sites for hydroxylation is 1. The SMILES string of the molecule is CCCCN(C)CCN=C(N)Nc1cccc(C)c1.I. The molecule has 0 aliphatic carbocycles. The second-order valence-corrected chi connectivity index (χ2v) is 4.92. The molecular weight excluding hydrogens is 363 g/mol. The zero-order chi connectivity index (χ0) is 14.1. The average molecular weight is 390 g/mol. The molecule has 0 aromatic heterocycles. The number of halogens is 1. The molecule has 4 nitrogen and oxygen atoms in total. The van der Waals surface area contributed by atoms with Crippen molar-refractivity contribution < 1.29 is 0 Å². The van der Waals surface area contributed by atoms with Crippen molar-refractivity contribution in [2.24, 2.45) is 10.7 Å². The fourth-order valence-corrected chi connectivity index (χ4v) is 1.79. The first-order valence-corrected chi connectivity index (χ1v) is 6.94. The molecular formula is C15H27IN4. The molecule has 1 aromatic carbocycles. The zero-order valence-electron chi connectivity index (χ0n) is 12.7. The highest BCUT2D eigenvalue weighted by Crippen LogP contribution is 2.08. The van der Waals surface area contributed by atoms with Crippen LogP contribution in [0.2, 0.25) is 0 Å². The van der Waals surface area contributed by atoms with Crippen LogP contribution < -0.4 is 11.1 Å². The van der Waals surface area contributed by atoms with Gasteiger partial charge >= 0.3 is 0 Å². The Labute approximate surface area is 139 Å². The van der Waals surface area contributed by atoms with Crippen molar-refractivity contribution in [1.29, 1.82) is 0 Å². The third-order valence-electron chi connectivity index (χ3n) is 2.95. The molecule has 1 rings (SSSR count). The van der Waals surface area contributed by atoms with E-state index in [1.54, 1.807) is 0 Å². The minimum Gasteiger partial charge on any atom is -0.370 e. The number of unbranched alkanes of at least 4 members (excludes halogenated alkanes) is 1. The van der Waals surface area contributed by atoms with Crippen LogP contribution >= 0.6 is 24.0 Å². The number of benzene rings is 1. The summed E-state index contributed by atoms with van der Waals surface area (Å²) in [6.45, 7) is 7.05. The number of guanidine groups is 1. The van der Waals surface area contributed by atoms with Crippen LogP contribution in [0.3, 0.4) is 0 Å². The largest absolute Gasteiger partial charge is 0.370 e. The van der Waals surface area contributed by atoms with E-state index in [1.807, 2.05) is 12.1 Å². The minimum absolute atomic E-state index is 0. The van der Waals surface area contributed by atoms with Crippen LogP contribution in [0.25, 0.3) is 0 Å². The fourth-order valence-electron chi connectivity index (χ4n) is 1.79. The van der Waals surface area contributed by atoms with E-state index in [2.05, 4.69) is 48.2 Å². The van der Waals surface area contributed by atoms with Crippen LogP contribution in [-0.2, 0) is 0 Å². The predicted molar refractivity (Wildman–Crippen MR) is 99.1 cm³/mol. The molecule has 0 atom stereocenters. The van der Waals surface area contributed by atoms with E-state index in [4.69, 9.17) is 5.73 Å².